The summed E-state index contributed by atoms with van der Waals surface area (Å²) in [6.45, 7) is 1.97. The number of benzene rings is 1. The molecule has 4 nitrogen and oxygen atoms in total. The van der Waals surface area contributed by atoms with Crippen LogP contribution < -0.4 is 14.8 Å². The van der Waals surface area contributed by atoms with Gasteiger partial charge in [-0.3, -0.25) is 4.79 Å². The number of carbonyl (C=O) groups is 1. The minimum Gasteiger partial charge on any atom is -0.493 e. The van der Waals surface area contributed by atoms with Crippen molar-refractivity contribution >= 4 is 11.6 Å². The van der Waals surface area contributed by atoms with Crippen LogP contribution in [0.1, 0.15) is 19.8 Å². The van der Waals surface area contributed by atoms with Gasteiger partial charge in [0.25, 0.3) is 0 Å². The Hall–Kier alpha value is -1.71. The molecule has 1 N–H and O–H groups in total. The predicted molar refractivity (Wildman–Crippen MR) is 63.1 cm³/mol. The minimum atomic E-state index is 0.00900. The van der Waals surface area contributed by atoms with E-state index in [1.165, 1.54) is 0 Å². The summed E-state index contributed by atoms with van der Waals surface area (Å²) in [5.41, 5.74) is 0.719. The van der Waals surface area contributed by atoms with E-state index < -0.39 is 0 Å². The van der Waals surface area contributed by atoms with Crippen molar-refractivity contribution in [2.75, 3.05) is 19.5 Å². The second-order valence-electron chi connectivity index (χ2n) is 3.37. The van der Waals surface area contributed by atoms with E-state index in [1.54, 1.807) is 32.4 Å². The van der Waals surface area contributed by atoms with Gasteiger partial charge in [0, 0.05) is 18.2 Å². The Balaban J connectivity index is 2.78. The van der Waals surface area contributed by atoms with Gasteiger partial charge in [-0.2, -0.15) is 0 Å². The van der Waals surface area contributed by atoms with Crippen LogP contribution in [0.3, 0.4) is 0 Å². The number of nitrogens with one attached hydrogen (secondary N) is 1. The van der Waals surface area contributed by atoms with E-state index in [-0.39, 0.29) is 5.91 Å². The minimum absolute atomic E-state index is 0.00900. The molecule has 0 atom stereocenters. The van der Waals surface area contributed by atoms with E-state index in [9.17, 15) is 4.79 Å². The summed E-state index contributed by atoms with van der Waals surface area (Å²) in [5, 5.41) is 2.79. The second kappa shape index (κ2) is 6.00. The van der Waals surface area contributed by atoms with Crippen LogP contribution in [0, 0.1) is 0 Å². The molecule has 0 aliphatic heterocycles. The monoisotopic (exact) mass is 223 g/mol. The van der Waals surface area contributed by atoms with Gasteiger partial charge in [-0.05, 0) is 18.6 Å². The molecular weight excluding hydrogens is 206 g/mol. The van der Waals surface area contributed by atoms with Gasteiger partial charge in [-0.25, -0.2) is 0 Å². The van der Waals surface area contributed by atoms with E-state index in [2.05, 4.69) is 5.32 Å². The lowest BCUT2D eigenvalue weighted by Crippen LogP contribution is -2.10. The van der Waals surface area contributed by atoms with Crippen LogP contribution in [0.25, 0.3) is 0 Å². The van der Waals surface area contributed by atoms with Gasteiger partial charge in [0.05, 0.1) is 14.2 Å². The summed E-state index contributed by atoms with van der Waals surface area (Å²) >= 11 is 0. The molecular formula is C12H17NO3. The van der Waals surface area contributed by atoms with Gasteiger partial charge in [0.1, 0.15) is 0 Å². The van der Waals surface area contributed by atoms with Gasteiger partial charge in [0.2, 0.25) is 5.91 Å². The number of hydrogen-bond donors (Lipinski definition) is 1. The SMILES string of the molecule is CCCC(=O)Nc1ccc(OC)c(OC)c1. The third-order valence-electron chi connectivity index (χ3n) is 2.14. The van der Waals surface area contributed by atoms with Crippen LogP contribution in [0.15, 0.2) is 18.2 Å². The van der Waals surface area contributed by atoms with E-state index in [0.29, 0.717) is 17.9 Å². The maximum absolute atomic E-state index is 11.4. The third kappa shape index (κ3) is 3.15. The summed E-state index contributed by atoms with van der Waals surface area (Å²) in [7, 11) is 3.14. The van der Waals surface area contributed by atoms with Crippen molar-refractivity contribution in [1.29, 1.82) is 0 Å². The number of hydrogen-bond acceptors (Lipinski definition) is 3. The lowest BCUT2D eigenvalue weighted by atomic mass is 10.2. The van der Waals surface area contributed by atoms with Gasteiger partial charge in [-0.15, -0.1) is 0 Å². The van der Waals surface area contributed by atoms with Gasteiger partial charge in [-0.1, -0.05) is 6.92 Å². The Morgan fingerprint density at radius 1 is 1.25 bits per heavy atom. The Labute approximate surface area is 95.6 Å². The maximum atomic E-state index is 11.4. The first-order chi connectivity index (χ1) is 7.71. The molecule has 4 heteroatoms. The molecule has 1 rings (SSSR count). The second-order valence-corrected chi connectivity index (χ2v) is 3.37. The van der Waals surface area contributed by atoms with E-state index in [1.807, 2.05) is 6.92 Å². The molecule has 1 amide bonds. The summed E-state index contributed by atoms with van der Waals surface area (Å²) < 4.78 is 10.2. The fourth-order valence-corrected chi connectivity index (χ4v) is 1.36. The molecule has 0 saturated carbocycles. The van der Waals surface area contributed by atoms with Crippen molar-refractivity contribution in [3.05, 3.63) is 18.2 Å². The topological polar surface area (TPSA) is 47.6 Å². The van der Waals surface area contributed by atoms with Crippen LogP contribution in [0.2, 0.25) is 0 Å². The van der Waals surface area contributed by atoms with Gasteiger partial charge >= 0.3 is 0 Å². The van der Waals surface area contributed by atoms with Crippen LogP contribution in [0.4, 0.5) is 5.69 Å². The molecule has 0 bridgehead atoms. The van der Waals surface area contributed by atoms with Crippen molar-refractivity contribution in [3.8, 4) is 11.5 Å². The molecule has 0 radical (unpaired) electrons. The highest BCUT2D eigenvalue weighted by Gasteiger charge is 2.06. The fraction of sp³-hybridized carbons (Fsp3) is 0.417. The Morgan fingerprint density at radius 3 is 2.50 bits per heavy atom. The molecule has 0 unspecified atom stereocenters. The molecule has 88 valence electrons. The normalized spacial score (nSPS) is 9.69. The Kier molecular flexibility index (Phi) is 4.64. The molecule has 0 aliphatic carbocycles. The number of methoxy groups -OCH3 is 2. The Morgan fingerprint density at radius 2 is 1.94 bits per heavy atom. The summed E-state index contributed by atoms with van der Waals surface area (Å²) in [5.74, 6) is 1.27. The van der Waals surface area contributed by atoms with Crippen molar-refractivity contribution in [3.63, 3.8) is 0 Å². The lowest BCUT2D eigenvalue weighted by Gasteiger charge is -2.10. The molecule has 0 saturated heterocycles. The summed E-state index contributed by atoms with van der Waals surface area (Å²) in [6, 6.07) is 5.29. The molecule has 0 spiro atoms. The average molecular weight is 223 g/mol. The summed E-state index contributed by atoms with van der Waals surface area (Å²) in [4.78, 5) is 11.4. The number of carbonyl (C=O) groups excluding carboxylic acids is 1. The maximum Gasteiger partial charge on any atom is 0.224 e. The first kappa shape index (κ1) is 12.4. The van der Waals surface area contributed by atoms with Crippen molar-refractivity contribution < 1.29 is 14.3 Å². The highest BCUT2D eigenvalue weighted by Crippen LogP contribution is 2.29. The molecule has 0 aliphatic rings. The quantitative estimate of drug-likeness (QED) is 0.834. The first-order valence-electron chi connectivity index (χ1n) is 5.23. The van der Waals surface area contributed by atoms with Crippen molar-refractivity contribution in [1.82, 2.24) is 0 Å². The van der Waals surface area contributed by atoms with Crippen LogP contribution in [-0.4, -0.2) is 20.1 Å². The summed E-state index contributed by atoms with van der Waals surface area (Å²) in [6.07, 6.45) is 1.35. The van der Waals surface area contributed by atoms with E-state index >= 15 is 0 Å². The predicted octanol–water partition coefficient (Wildman–Crippen LogP) is 2.44. The molecule has 0 aromatic heterocycles. The van der Waals surface area contributed by atoms with Crippen molar-refractivity contribution in [2.24, 2.45) is 0 Å². The zero-order valence-electron chi connectivity index (χ0n) is 9.87. The molecule has 0 heterocycles. The van der Waals surface area contributed by atoms with E-state index in [0.717, 1.165) is 12.1 Å². The lowest BCUT2D eigenvalue weighted by molar-refractivity contribution is -0.116. The zero-order chi connectivity index (χ0) is 12.0. The van der Waals surface area contributed by atoms with Crippen molar-refractivity contribution in [2.45, 2.75) is 19.8 Å². The number of anilines is 1. The largest absolute Gasteiger partial charge is 0.493 e. The number of rotatable bonds is 5. The molecule has 1 aromatic carbocycles. The van der Waals surface area contributed by atoms with Crippen LogP contribution >= 0.6 is 0 Å². The van der Waals surface area contributed by atoms with Crippen LogP contribution in [0.5, 0.6) is 11.5 Å². The Bertz CT molecular complexity index is 363. The number of amides is 1. The van der Waals surface area contributed by atoms with Gasteiger partial charge in [0.15, 0.2) is 11.5 Å². The standard InChI is InChI=1S/C12H17NO3/c1-4-5-12(14)13-9-6-7-10(15-2)11(8-9)16-3/h6-8H,4-5H2,1-3H3,(H,13,14). The molecule has 0 fully saturated rings. The van der Waals surface area contributed by atoms with Gasteiger partial charge < -0.3 is 14.8 Å². The number of ether oxygens (including phenoxy) is 2. The molecule has 16 heavy (non-hydrogen) atoms. The zero-order valence-corrected chi connectivity index (χ0v) is 9.87. The highest BCUT2D eigenvalue weighted by molar-refractivity contribution is 5.91. The van der Waals surface area contributed by atoms with Crippen LogP contribution in [-0.2, 0) is 4.79 Å². The highest BCUT2D eigenvalue weighted by atomic mass is 16.5. The smallest absolute Gasteiger partial charge is 0.224 e. The third-order valence-corrected chi connectivity index (χ3v) is 2.14. The van der Waals surface area contributed by atoms with E-state index in [4.69, 9.17) is 9.47 Å². The average Bonchev–Trinajstić information content (AvgIpc) is 2.29. The molecule has 1 aromatic rings. The fourth-order valence-electron chi connectivity index (χ4n) is 1.36. The first-order valence-corrected chi connectivity index (χ1v) is 5.23.